The monoisotopic (exact) mass is 268 g/mol. The van der Waals surface area contributed by atoms with Gasteiger partial charge in [-0.1, -0.05) is 35.9 Å². The Balaban J connectivity index is 2.72. The van der Waals surface area contributed by atoms with E-state index in [0.29, 0.717) is 4.90 Å². The first-order valence-electron chi connectivity index (χ1n) is 5.20. The van der Waals surface area contributed by atoms with Gasteiger partial charge in [0.05, 0.1) is 10.6 Å². The summed E-state index contributed by atoms with van der Waals surface area (Å²) in [6.45, 7) is 1.93. The van der Waals surface area contributed by atoms with Gasteiger partial charge in [0.15, 0.2) is 9.84 Å². The van der Waals surface area contributed by atoms with E-state index in [1.807, 2.05) is 36.8 Å². The molecule has 0 aliphatic heterocycles. The van der Waals surface area contributed by atoms with Crippen molar-refractivity contribution in [3.05, 3.63) is 53.5 Å². The minimum absolute atomic E-state index is 0.0365. The molecular weight excluding hydrogens is 252 g/mol. The number of benzene rings is 1. The van der Waals surface area contributed by atoms with Crippen LogP contribution in [0, 0.1) is 6.92 Å². The van der Waals surface area contributed by atoms with Crippen molar-refractivity contribution in [2.75, 3.05) is 12.0 Å². The quantitative estimate of drug-likeness (QED) is 0.769. The SMILES string of the molecule is CS/C=C/C=C/CS(=O)(=O)c1ccc(C)cc1. The van der Waals surface area contributed by atoms with Gasteiger partial charge >= 0.3 is 0 Å². The molecule has 0 aromatic heterocycles. The average Bonchev–Trinajstić information content (AvgIpc) is 2.29. The van der Waals surface area contributed by atoms with Crippen LogP contribution in [-0.2, 0) is 9.84 Å². The van der Waals surface area contributed by atoms with E-state index >= 15 is 0 Å². The minimum Gasteiger partial charge on any atom is -0.223 e. The Hall–Kier alpha value is -1.00. The highest BCUT2D eigenvalue weighted by Crippen LogP contribution is 2.12. The fraction of sp³-hybridized carbons (Fsp3) is 0.231. The molecule has 0 unspecified atom stereocenters. The number of aryl methyl sites for hydroxylation is 1. The van der Waals surface area contributed by atoms with E-state index in [9.17, 15) is 8.42 Å². The molecule has 0 heterocycles. The van der Waals surface area contributed by atoms with Gasteiger partial charge in [-0.25, -0.2) is 8.42 Å². The highest BCUT2D eigenvalue weighted by molar-refractivity contribution is 8.01. The van der Waals surface area contributed by atoms with Gasteiger partial charge in [0.1, 0.15) is 0 Å². The topological polar surface area (TPSA) is 34.1 Å². The van der Waals surface area contributed by atoms with Crippen molar-refractivity contribution in [1.29, 1.82) is 0 Å². The lowest BCUT2D eigenvalue weighted by Crippen LogP contribution is -2.04. The Labute approximate surface area is 107 Å². The van der Waals surface area contributed by atoms with Crippen LogP contribution in [0.15, 0.2) is 52.8 Å². The summed E-state index contributed by atoms with van der Waals surface area (Å²) in [6.07, 6.45) is 7.19. The summed E-state index contributed by atoms with van der Waals surface area (Å²) in [5.41, 5.74) is 1.06. The van der Waals surface area contributed by atoms with Crippen molar-refractivity contribution >= 4 is 21.6 Å². The molecule has 92 valence electrons. The summed E-state index contributed by atoms with van der Waals surface area (Å²) in [5, 5.41) is 1.90. The first kappa shape index (κ1) is 14.1. The van der Waals surface area contributed by atoms with E-state index in [4.69, 9.17) is 0 Å². The van der Waals surface area contributed by atoms with Gasteiger partial charge in [-0.2, -0.15) is 0 Å². The third kappa shape index (κ3) is 4.79. The molecule has 0 amide bonds. The van der Waals surface area contributed by atoms with E-state index in [0.717, 1.165) is 5.56 Å². The largest absolute Gasteiger partial charge is 0.223 e. The molecule has 4 heteroatoms. The van der Waals surface area contributed by atoms with Gasteiger partial charge in [0.25, 0.3) is 0 Å². The molecule has 0 saturated carbocycles. The van der Waals surface area contributed by atoms with Gasteiger partial charge in [-0.15, -0.1) is 11.8 Å². The number of thioether (sulfide) groups is 1. The predicted octanol–water partition coefficient (Wildman–Crippen LogP) is 3.20. The molecule has 0 fully saturated rings. The lowest BCUT2D eigenvalue weighted by Gasteiger charge is -2.01. The van der Waals surface area contributed by atoms with Crippen molar-refractivity contribution < 1.29 is 8.42 Å². The van der Waals surface area contributed by atoms with Crippen LogP contribution in [0.3, 0.4) is 0 Å². The maximum absolute atomic E-state index is 11.9. The lowest BCUT2D eigenvalue weighted by atomic mass is 10.2. The van der Waals surface area contributed by atoms with Crippen molar-refractivity contribution in [2.24, 2.45) is 0 Å². The summed E-state index contributed by atoms with van der Waals surface area (Å²) in [5.74, 6) is 0.0365. The Morgan fingerprint density at radius 2 is 1.82 bits per heavy atom. The van der Waals surface area contributed by atoms with E-state index in [1.165, 1.54) is 0 Å². The first-order valence-corrected chi connectivity index (χ1v) is 8.14. The Morgan fingerprint density at radius 1 is 1.18 bits per heavy atom. The van der Waals surface area contributed by atoms with Crippen LogP contribution in [-0.4, -0.2) is 20.4 Å². The van der Waals surface area contributed by atoms with Gasteiger partial charge < -0.3 is 0 Å². The molecule has 0 saturated heterocycles. The molecular formula is C13H16O2S2. The van der Waals surface area contributed by atoms with Crippen molar-refractivity contribution in [2.45, 2.75) is 11.8 Å². The van der Waals surface area contributed by atoms with Crippen LogP contribution in [0.2, 0.25) is 0 Å². The molecule has 1 aromatic carbocycles. The van der Waals surface area contributed by atoms with Gasteiger partial charge in [0, 0.05) is 0 Å². The van der Waals surface area contributed by atoms with Crippen LogP contribution in [0.4, 0.5) is 0 Å². The number of sulfone groups is 1. The van der Waals surface area contributed by atoms with Crippen LogP contribution < -0.4 is 0 Å². The van der Waals surface area contributed by atoms with Crippen LogP contribution in [0.5, 0.6) is 0 Å². The number of rotatable bonds is 5. The highest BCUT2D eigenvalue weighted by atomic mass is 32.2. The Bertz CT molecular complexity index is 497. The molecule has 0 aliphatic rings. The van der Waals surface area contributed by atoms with Crippen molar-refractivity contribution in [3.63, 3.8) is 0 Å². The Morgan fingerprint density at radius 3 is 2.41 bits per heavy atom. The molecule has 0 bridgehead atoms. The zero-order valence-electron chi connectivity index (χ0n) is 9.96. The smallest absolute Gasteiger partial charge is 0.181 e. The lowest BCUT2D eigenvalue weighted by molar-refractivity contribution is 0.599. The second kappa shape index (κ2) is 6.67. The molecule has 2 nitrogen and oxygen atoms in total. The average molecular weight is 268 g/mol. The van der Waals surface area contributed by atoms with E-state index in [-0.39, 0.29) is 5.75 Å². The Kier molecular flexibility index (Phi) is 5.51. The summed E-state index contributed by atoms with van der Waals surface area (Å²) in [6, 6.07) is 6.92. The van der Waals surface area contributed by atoms with Crippen molar-refractivity contribution in [1.82, 2.24) is 0 Å². The summed E-state index contributed by atoms with van der Waals surface area (Å²) >= 11 is 1.58. The molecule has 0 N–H and O–H groups in total. The van der Waals surface area contributed by atoms with Crippen molar-refractivity contribution in [3.8, 4) is 0 Å². The van der Waals surface area contributed by atoms with E-state index < -0.39 is 9.84 Å². The maximum atomic E-state index is 11.9. The predicted molar refractivity (Wildman–Crippen MR) is 75.0 cm³/mol. The molecule has 1 aromatic rings. The summed E-state index contributed by atoms with van der Waals surface area (Å²) < 4.78 is 23.8. The van der Waals surface area contributed by atoms with Gasteiger partial charge in [-0.05, 0) is 30.7 Å². The van der Waals surface area contributed by atoms with E-state index in [2.05, 4.69) is 0 Å². The van der Waals surface area contributed by atoms with Crippen LogP contribution >= 0.6 is 11.8 Å². The highest BCUT2D eigenvalue weighted by Gasteiger charge is 2.11. The summed E-state index contributed by atoms with van der Waals surface area (Å²) in [4.78, 5) is 0.376. The second-order valence-electron chi connectivity index (χ2n) is 3.59. The molecule has 1 rings (SSSR count). The van der Waals surface area contributed by atoms with Gasteiger partial charge in [0.2, 0.25) is 0 Å². The van der Waals surface area contributed by atoms with Crippen LogP contribution in [0.1, 0.15) is 5.56 Å². The fourth-order valence-corrected chi connectivity index (χ4v) is 2.58. The zero-order chi connectivity index (χ0) is 12.7. The first-order chi connectivity index (χ1) is 8.06. The summed E-state index contributed by atoms with van der Waals surface area (Å²) in [7, 11) is -3.19. The van der Waals surface area contributed by atoms with Crippen LogP contribution in [0.25, 0.3) is 0 Å². The standard InChI is InChI=1S/C13H16O2S2/c1-12-6-8-13(9-7-12)17(14,15)11-5-3-4-10-16-2/h3-10H,11H2,1-2H3/b5-3+,10-4+. The number of hydrogen-bond acceptors (Lipinski definition) is 3. The molecule has 0 atom stereocenters. The third-order valence-corrected chi connectivity index (χ3v) is 4.21. The molecule has 0 radical (unpaired) electrons. The zero-order valence-corrected chi connectivity index (χ0v) is 11.6. The molecule has 17 heavy (non-hydrogen) atoms. The maximum Gasteiger partial charge on any atom is 0.181 e. The number of allylic oxidation sites excluding steroid dienone is 2. The minimum atomic E-state index is -3.19. The molecule has 0 aliphatic carbocycles. The van der Waals surface area contributed by atoms with Gasteiger partial charge in [-0.3, -0.25) is 0 Å². The third-order valence-electron chi connectivity index (χ3n) is 2.16. The second-order valence-corrected chi connectivity index (χ2v) is 6.36. The fourth-order valence-electron chi connectivity index (χ4n) is 1.23. The van der Waals surface area contributed by atoms with E-state index in [1.54, 1.807) is 36.0 Å². The number of hydrogen-bond donors (Lipinski definition) is 0. The normalized spacial score (nSPS) is 12.6. The molecule has 0 spiro atoms.